The number of nitrogens with one attached hydrogen (secondary N) is 1. The first kappa shape index (κ1) is 10.2. The van der Waals surface area contributed by atoms with Gasteiger partial charge in [0.2, 0.25) is 0 Å². The van der Waals surface area contributed by atoms with Gasteiger partial charge in [-0.05, 0) is 24.6 Å². The molecule has 70 valence electrons. The van der Waals surface area contributed by atoms with Crippen LogP contribution in [0.5, 0.6) is 0 Å². The SMILES string of the molecule is C1=C(c2ncccn2)CCNC1.Cl. The van der Waals surface area contributed by atoms with Crippen molar-refractivity contribution in [3.63, 3.8) is 0 Å². The maximum atomic E-state index is 4.20. The Balaban J connectivity index is 0.000000845. The molecule has 3 nitrogen and oxygen atoms in total. The van der Waals surface area contributed by atoms with E-state index >= 15 is 0 Å². The number of rotatable bonds is 1. The molecule has 0 bridgehead atoms. The van der Waals surface area contributed by atoms with Gasteiger partial charge in [0, 0.05) is 18.9 Å². The van der Waals surface area contributed by atoms with Crippen molar-refractivity contribution in [1.29, 1.82) is 0 Å². The third kappa shape index (κ3) is 2.50. The van der Waals surface area contributed by atoms with Gasteiger partial charge in [0.1, 0.15) is 0 Å². The molecule has 0 fully saturated rings. The monoisotopic (exact) mass is 197 g/mol. The summed E-state index contributed by atoms with van der Waals surface area (Å²) < 4.78 is 0. The molecule has 0 atom stereocenters. The second kappa shape index (κ2) is 4.94. The third-order valence-corrected chi connectivity index (χ3v) is 1.92. The van der Waals surface area contributed by atoms with E-state index < -0.39 is 0 Å². The summed E-state index contributed by atoms with van der Waals surface area (Å²) >= 11 is 0. The summed E-state index contributed by atoms with van der Waals surface area (Å²) in [5, 5.41) is 3.25. The number of aromatic nitrogens is 2. The van der Waals surface area contributed by atoms with Crippen molar-refractivity contribution >= 4 is 18.0 Å². The highest BCUT2D eigenvalue weighted by Crippen LogP contribution is 2.13. The van der Waals surface area contributed by atoms with Crippen LogP contribution in [0.2, 0.25) is 0 Å². The fraction of sp³-hybridized carbons (Fsp3) is 0.333. The van der Waals surface area contributed by atoms with Crippen LogP contribution in [0.3, 0.4) is 0 Å². The van der Waals surface area contributed by atoms with Gasteiger partial charge in [-0.2, -0.15) is 0 Å². The Morgan fingerprint density at radius 3 is 2.62 bits per heavy atom. The zero-order valence-corrected chi connectivity index (χ0v) is 8.05. The first-order valence-electron chi connectivity index (χ1n) is 4.14. The first-order valence-corrected chi connectivity index (χ1v) is 4.14. The minimum atomic E-state index is 0. The van der Waals surface area contributed by atoms with Gasteiger partial charge in [-0.15, -0.1) is 12.4 Å². The molecule has 0 unspecified atom stereocenters. The van der Waals surface area contributed by atoms with Crippen molar-refractivity contribution in [1.82, 2.24) is 15.3 Å². The largest absolute Gasteiger partial charge is 0.313 e. The van der Waals surface area contributed by atoms with E-state index in [4.69, 9.17) is 0 Å². The van der Waals surface area contributed by atoms with Crippen LogP contribution in [-0.2, 0) is 0 Å². The number of hydrogen-bond acceptors (Lipinski definition) is 3. The van der Waals surface area contributed by atoms with E-state index in [1.807, 2.05) is 6.07 Å². The Labute approximate surface area is 83.7 Å². The van der Waals surface area contributed by atoms with Gasteiger partial charge >= 0.3 is 0 Å². The molecule has 0 amide bonds. The molecule has 1 aliphatic heterocycles. The topological polar surface area (TPSA) is 37.8 Å². The molecule has 0 aromatic carbocycles. The lowest BCUT2D eigenvalue weighted by Gasteiger charge is -2.11. The highest BCUT2D eigenvalue weighted by molar-refractivity contribution is 5.85. The average Bonchev–Trinajstić information content (AvgIpc) is 2.21. The molecular weight excluding hydrogens is 186 g/mol. The lowest BCUT2D eigenvalue weighted by molar-refractivity contribution is 0.734. The molecule has 1 aromatic rings. The number of halogens is 1. The van der Waals surface area contributed by atoms with Crippen LogP contribution < -0.4 is 5.32 Å². The van der Waals surface area contributed by atoms with Crippen LogP contribution >= 0.6 is 12.4 Å². The van der Waals surface area contributed by atoms with Crippen LogP contribution in [0, 0.1) is 0 Å². The van der Waals surface area contributed by atoms with Gasteiger partial charge in [0.25, 0.3) is 0 Å². The average molecular weight is 198 g/mol. The van der Waals surface area contributed by atoms with E-state index in [2.05, 4.69) is 21.4 Å². The summed E-state index contributed by atoms with van der Waals surface area (Å²) in [6.07, 6.45) is 6.75. The van der Waals surface area contributed by atoms with E-state index in [1.165, 1.54) is 5.57 Å². The summed E-state index contributed by atoms with van der Waals surface area (Å²) in [6.45, 7) is 1.97. The van der Waals surface area contributed by atoms with Crippen LogP contribution in [0.15, 0.2) is 24.5 Å². The molecule has 0 spiro atoms. The molecule has 13 heavy (non-hydrogen) atoms. The van der Waals surface area contributed by atoms with Gasteiger partial charge in [0.05, 0.1) is 0 Å². The molecular formula is C9H12ClN3. The molecule has 0 saturated carbocycles. The van der Waals surface area contributed by atoms with Gasteiger partial charge < -0.3 is 5.32 Å². The summed E-state index contributed by atoms with van der Waals surface area (Å²) in [5.74, 6) is 0.874. The summed E-state index contributed by atoms with van der Waals surface area (Å²) in [6, 6.07) is 1.84. The smallest absolute Gasteiger partial charge is 0.154 e. The fourth-order valence-corrected chi connectivity index (χ4v) is 1.29. The Kier molecular flexibility index (Phi) is 3.86. The van der Waals surface area contributed by atoms with E-state index in [-0.39, 0.29) is 12.4 Å². The number of hydrogen-bond donors (Lipinski definition) is 1. The molecule has 2 heterocycles. The normalized spacial score (nSPS) is 15.8. The quantitative estimate of drug-likeness (QED) is 0.737. The lowest BCUT2D eigenvalue weighted by Crippen LogP contribution is -2.20. The Morgan fingerprint density at radius 1 is 1.23 bits per heavy atom. The van der Waals surface area contributed by atoms with Crippen LogP contribution in [0.1, 0.15) is 12.2 Å². The minimum Gasteiger partial charge on any atom is -0.313 e. The van der Waals surface area contributed by atoms with Crippen LogP contribution in [-0.4, -0.2) is 23.1 Å². The maximum Gasteiger partial charge on any atom is 0.154 e. The van der Waals surface area contributed by atoms with E-state index in [0.29, 0.717) is 0 Å². The predicted molar refractivity (Wildman–Crippen MR) is 54.7 cm³/mol. The van der Waals surface area contributed by atoms with Crippen molar-refractivity contribution in [2.45, 2.75) is 6.42 Å². The van der Waals surface area contributed by atoms with Gasteiger partial charge in [0.15, 0.2) is 5.82 Å². The lowest BCUT2D eigenvalue weighted by atomic mass is 10.1. The van der Waals surface area contributed by atoms with Crippen molar-refractivity contribution in [2.24, 2.45) is 0 Å². The highest BCUT2D eigenvalue weighted by atomic mass is 35.5. The molecule has 1 aromatic heterocycles. The summed E-state index contributed by atoms with van der Waals surface area (Å²) in [4.78, 5) is 8.39. The number of nitrogens with zero attached hydrogens (tertiary/aromatic N) is 2. The van der Waals surface area contributed by atoms with E-state index in [0.717, 1.165) is 25.3 Å². The standard InChI is InChI=1S/C9H11N3.ClH/c1-4-11-9(12-5-1)8-2-6-10-7-3-8;/h1-2,4-5,10H,3,6-7H2;1H. The van der Waals surface area contributed by atoms with Crippen LogP contribution in [0.25, 0.3) is 5.57 Å². The Bertz CT molecular complexity index is 284. The van der Waals surface area contributed by atoms with E-state index in [1.54, 1.807) is 12.4 Å². The van der Waals surface area contributed by atoms with E-state index in [9.17, 15) is 0 Å². The van der Waals surface area contributed by atoms with Crippen molar-refractivity contribution in [3.8, 4) is 0 Å². The Morgan fingerprint density at radius 2 is 2.00 bits per heavy atom. The summed E-state index contributed by atoms with van der Waals surface area (Å²) in [5.41, 5.74) is 1.26. The second-order valence-corrected chi connectivity index (χ2v) is 2.76. The van der Waals surface area contributed by atoms with Crippen LogP contribution in [0.4, 0.5) is 0 Å². The highest BCUT2D eigenvalue weighted by Gasteiger charge is 2.06. The fourth-order valence-electron chi connectivity index (χ4n) is 1.29. The molecule has 1 aliphatic rings. The zero-order valence-electron chi connectivity index (χ0n) is 7.23. The minimum absolute atomic E-state index is 0. The molecule has 2 rings (SSSR count). The molecule has 0 aliphatic carbocycles. The molecule has 0 radical (unpaired) electrons. The van der Waals surface area contributed by atoms with Crippen molar-refractivity contribution in [2.75, 3.05) is 13.1 Å². The van der Waals surface area contributed by atoms with Gasteiger partial charge in [-0.1, -0.05) is 6.08 Å². The second-order valence-electron chi connectivity index (χ2n) is 2.76. The molecule has 0 saturated heterocycles. The first-order chi connectivity index (χ1) is 5.97. The maximum absolute atomic E-state index is 4.20. The molecule has 4 heteroatoms. The predicted octanol–water partition coefficient (Wildman–Crippen LogP) is 1.28. The zero-order chi connectivity index (χ0) is 8.23. The molecule has 1 N–H and O–H groups in total. The summed E-state index contributed by atoms with van der Waals surface area (Å²) in [7, 11) is 0. The van der Waals surface area contributed by atoms with Crippen molar-refractivity contribution < 1.29 is 0 Å². The van der Waals surface area contributed by atoms with Gasteiger partial charge in [-0.3, -0.25) is 0 Å². The van der Waals surface area contributed by atoms with Gasteiger partial charge in [-0.25, -0.2) is 9.97 Å². The van der Waals surface area contributed by atoms with Crippen molar-refractivity contribution in [3.05, 3.63) is 30.4 Å². The Hall–Kier alpha value is -0.930. The third-order valence-electron chi connectivity index (χ3n) is 1.92.